The lowest BCUT2D eigenvalue weighted by molar-refractivity contribution is 0.0580. The predicted molar refractivity (Wildman–Crippen MR) is 153 cm³/mol. The van der Waals surface area contributed by atoms with E-state index in [1.54, 1.807) is 54.4 Å². The number of carbonyl (C=O) groups is 2. The van der Waals surface area contributed by atoms with Crippen LogP contribution in [0.25, 0.3) is 11.3 Å². The quantitative estimate of drug-likeness (QED) is 0.277. The molecule has 8 nitrogen and oxygen atoms in total. The Bertz CT molecular complexity index is 1440. The van der Waals surface area contributed by atoms with E-state index in [0.29, 0.717) is 46.4 Å². The summed E-state index contributed by atoms with van der Waals surface area (Å²) in [4.78, 5) is 40.9. The monoisotopic (exact) mass is 543 g/mol. The number of nitrogens with one attached hydrogen (secondary N) is 1. The van der Waals surface area contributed by atoms with Crippen molar-refractivity contribution in [3.05, 3.63) is 101 Å². The van der Waals surface area contributed by atoms with E-state index in [4.69, 9.17) is 16.3 Å². The second-order valence-corrected chi connectivity index (χ2v) is 10.3. The average Bonchev–Trinajstić information content (AvgIpc) is 2.89. The van der Waals surface area contributed by atoms with Gasteiger partial charge in [0.1, 0.15) is 11.4 Å². The van der Waals surface area contributed by atoms with Crippen molar-refractivity contribution in [3.8, 4) is 11.3 Å². The van der Waals surface area contributed by atoms with Crippen molar-refractivity contribution in [3.63, 3.8) is 0 Å². The highest BCUT2D eigenvalue weighted by Crippen LogP contribution is 2.25. The Labute approximate surface area is 233 Å². The third kappa shape index (κ3) is 7.61. The topological polar surface area (TPSA) is 97.3 Å². The molecule has 0 spiro atoms. The maximum absolute atomic E-state index is 13.2. The number of aromatic nitrogens is 3. The van der Waals surface area contributed by atoms with Gasteiger partial charge in [0.2, 0.25) is 0 Å². The standard InChI is InChI=1S/C30H30ClN5O3/c1-20-33-19-26(27(34-20)21-8-10-22(31)11-9-21)28(37)35-24-12-14-25(15-13-24)36(29(38)39-30(2,3)4)18-16-23-7-5-6-17-32-23/h5-15,17,19H,16,18H2,1-4H3,(H,35,37). The van der Waals surface area contributed by atoms with E-state index in [0.717, 1.165) is 11.3 Å². The Kier molecular flexibility index (Phi) is 8.56. The predicted octanol–water partition coefficient (Wildman–Crippen LogP) is 6.74. The fourth-order valence-corrected chi connectivity index (χ4v) is 3.93. The number of ether oxygens (including phenoxy) is 1. The van der Waals surface area contributed by atoms with E-state index < -0.39 is 11.7 Å². The van der Waals surface area contributed by atoms with E-state index in [2.05, 4.69) is 20.3 Å². The van der Waals surface area contributed by atoms with Crippen LogP contribution in [-0.4, -0.2) is 39.1 Å². The summed E-state index contributed by atoms with van der Waals surface area (Å²) in [5.74, 6) is 0.195. The first-order valence-corrected chi connectivity index (χ1v) is 12.9. The molecule has 4 rings (SSSR count). The lowest BCUT2D eigenvalue weighted by Gasteiger charge is -2.27. The highest BCUT2D eigenvalue weighted by molar-refractivity contribution is 6.30. The van der Waals surface area contributed by atoms with Crippen molar-refractivity contribution in [2.45, 2.75) is 39.7 Å². The lowest BCUT2D eigenvalue weighted by Crippen LogP contribution is -2.38. The zero-order valence-corrected chi connectivity index (χ0v) is 23.1. The van der Waals surface area contributed by atoms with Gasteiger partial charge in [-0.3, -0.25) is 14.7 Å². The molecular weight excluding hydrogens is 514 g/mol. The summed E-state index contributed by atoms with van der Waals surface area (Å²) >= 11 is 6.03. The van der Waals surface area contributed by atoms with Crippen LogP contribution in [0.3, 0.4) is 0 Å². The Morgan fingerprint density at radius 3 is 2.33 bits per heavy atom. The van der Waals surface area contributed by atoms with Gasteiger partial charge in [-0.1, -0.05) is 29.8 Å². The SMILES string of the molecule is Cc1ncc(C(=O)Nc2ccc(N(CCc3ccccn3)C(=O)OC(C)(C)C)cc2)c(-c2ccc(Cl)cc2)n1. The number of rotatable bonds is 7. The van der Waals surface area contributed by atoms with Crippen LogP contribution in [0.1, 0.15) is 42.6 Å². The number of carbonyl (C=O) groups excluding carboxylic acids is 2. The molecule has 200 valence electrons. The normalized spacial score (nSPS) is 11.1. The summed E-state index contributed by atoms with van der Waals surface area (Å²) in [6.45, 7) is 7.63. The van der Waals surface area contributed by atoms with Crippen molar-refractivity contribution in [1.29, 1.82) is 0 Å². The molecule has 2 heterocycles. The zero-order valence-electron chi connectivity index (χ0n) is 22.3. The van der Waals surface area contributed by atoms with Gasteiger partial charge in [-0.25, -0.2) is 14.8 Å². The molecule has 0 radical (unpaired) electrons. The van der Waals surface area contributed by atoms with Gasteiger partial charge in [-0.15, -0.1) is 0 Å². The molecule has 1 N–H and O–H groups in total. The molecule has 2 aromatic carbocycles. The Balaban J connectivity index is 1.54. The van der Waals surface area contributed by atoms with Gasteiger partial charge < -0.3 is 10.1 Å². The third-order valence-electron chi connectivity index (χ3n) is 5.64. The largest absolute Gasteiger partial charge is 0.443 e. The summed E-state index contributed by atoms with van der Waals surface area (Å²) in [6, 6.07) is 19.8. The van der Waals surface area contributed by atoms with Gasteiger partial charge in [0, 0.05) is 53.0 Å². The van der Waals surface area contributed by atoms with Crippen LogP contribution in [0.5, 0.6) is 0 Å². The first kappa shape index (κ1) is 27.7. The number of hydrogen-bond acceptors (Lipinski definition) is 6. The summed E-state index contributed by atoms with van der Waals surface area (Å²) in [5, 5.41) is 3.49. The number of hydrogen-bond donors (Lipinski definition) is 1. The summed E-state index contributed by atoms with van der Waals surface area (Å²) in [6.07, 6.45) is 3.33. The van der Waals surface area contributed by atoms with Crippen molar-refractivity contribution >= 4 is 35.0 Å². The molecule has 0 fully saturated rings. The highest BCUT2D eigenvalue weighted by atomic mass is 35.5. The smallest absolute Gasteiger partial charge is 0.414 e. The highest BCUT2D eigenvalue weighted by Gasteiger charge is 2.24. The molecule has 0 saturated heterocycles. The van der Waals surface area contributed by atoms with E-state index in [1.807, 2.05) is 51.1 Å². The van der Waals surface area contributed by atoms with Crippen LogP contribution < -0.4 is 10.2 Å². The first-order chi connectivity index (χ1) is 18.6. The van der Waals surface area contributed by atoms with Gasteiger partial charge in [-0.05, 0) is 76.2 Å². The number of halogens is 1. The van der Waals surface area contributed by atoms with Crippen LogP contribution in [0.4, 0.5) is 16.2 Å². The number of aryl methyl sites for hydroxylation is 1. The summed E-state index contributed by atoms with van der Waals surface area (Å²) in [5.41, 5.74) is 3.01. The number of benzene rings is 2. The second kappa shape index (κ2) is 12.0. The molecule has 2 amide bonds. The van der Waals surface area contributed by atoms with Gasteiger partial charge in [0.25, 0.3) is 5.91 Å². The van der Waals surface area contributed by atoms with Gasteiger partial charge in [-0.2, -0.15) is 0 Å². The molecule has 0 unspecified atom stereocenters. The lowest BCUT2D eigenvalue weighted by atomic mass is 10.1. The molecule has 9 heteroatoms. The van der Waals surface area contributed by atoms with E-state index in [1.165, 1.54) is 6.20 Å². The number of nitrogens with zero attached hydrogens (tertiary/aromatic N) is 4. The first-order valence-electron chi connectivity index (χ1n) is 12.5. The number of pyridine rings is 1. The molecule has 39 heavy (non-hydrogen) atoms. The third-order valence-corrected chi connectivity index (χ3v) is 5.89. The fourth-order valence-electron chi connectivity index (χ4n) is 3.80. The fraction of sp³-hybridized carbons (Fsp3) is 0.233. The van der Waals surface area contributed by atoms with Crippen molar-refractivity contribution in [2.24, 2.45) is 0 Å². The molecule has 0 aliphatic heterocycles. The van der Waals surface area contributed by atoms with Gasteiger partial charge >= 0.3 is 6.09 Å². The minimum Gasteiger partial charge on any atom is -0.443 e. The van der Waals surface area contributed by atoms with Crippen LogP contribution >= 0.6 is 11.6 Å². The Morgan fingerprint density at radius 2 is 1.69 bits per heavy atom. The van der Waals surface area contributed by atoms with Crippen LogP contribution in [0.15, 0.2) is 79.1 Å². The van der Waals surface area contributed by atoms with Crippen LogP contribution in [0, 0.1) is 6.92 Å². The molecule has 0 aliphatic rings. The summed E-state index contributed by atoms with van der Waals surface area (Å²) in [7, 11) is 0. The molecule has 0 aliphatic carbocycles. The molecule has 2 aromatic heterocycles. The van der Waals surface area contributed by atoms with Gasteiger partial charge in [0.05, 0.1) is 11.3 Å². The summed E-state index contributed by atoms with van der Waals surface area (Å²) < 4.78 is 5.64. The zero-order chi connectivity index (χ0) is 28.0. The Morgan fingerprint density at radius 1 is 0.974 bits per heavy atom. The number of amides is 2. The average molecular weight is 544 g/mol. The van der Waals surface area contributed by atoms with Crippen LogP contribution in [-0.2, 0) is 11.2 Å². The maximum Gasteiger partial charge on any atom is 0.414 e. The minimum atomic E-state index is -0.647. The van der Waals surface area contributed by atoms with Crippen molar-refractivity contribution in [2.75, 3.05) is 16.8 Å². The van der Waals surface area contributed by atoms with Crippen LogP contribution in [0.2, 0.25) is 5.02 Å². The molecule has 0 saturated carbocycles. The van der Waals surface area contributed by atoms with Gasteiger partial charge in [0.15, 0.2) is 0 Å². The van der Waals surface area contributed by atoms with Crippen molar-refractivity contribution in [1.82, 2.24) is 15.0 Å². The molecule has 0 bridgehead atoms. The number of anilines is 2. The maximum atomic E-state index is 13.2. The van der Waals surface area contributed by atoms with E-state index >= 15 is 0 Å². The van der Waals surface area contributed by atoms with E-state index in [9.17, 15) is 9.59 Å². The Hall–Kier alpha value is -4.30. The van der Waals surface area contributed by atoms with E-state index in [-0.39, 0.29) is 5.91 Å². The van der Waals surface area contributed by atoms with Crippen molar-refractivity contribution < 1.29 is 14.3 Å². The second-order valence-electron chi connectivity index (χ2n) is 9.89. The minimum absolute atomic E-state index is 0.331. The molecule has 0 atom stereocenters. The molecule has 4 aromatic rings. The molecular formula is C30H30ClN5O3.